The monoisotopic (exact) mass is 257 g/mol. The van der Waals surface area contributed by atoms with Crippen LogP contribution >= 0.6 is 0 Å². The number of benzene rings is 1. The zero-order chi connectivity index (χ0) is 13.1. The molecule has 1 aromatic carbocycles. The van der Waals surface area contributed by atoms with Gasteiger partial charge in [-0.1, -0.05) is 31.4 Å². The Bertz CT molecular complexity index is 461. The van der Waals surface area contributed by atoms with Gasteiger partial charge in [0.2, 0.25) is 0 Å². The lowest BCUT2D eigenvalue weighted by Gasteiger charge is -2.19. The first-order valence-electron chi connectivity index (χ1n) is 7.50. The van der Waals surface area contributed by atoms with Crippen LogP contribution in [0.25, 0.3) is 0 Å². The van der Waals surface area contributed by atoms with Gasteiger partial charge in [-0.15, -0.1) is 0 Å². The van der Waals surface area contributed by atoms with Crippen LogP contribution < -0.4 is 10.6 Å². The maximum absolute atomic E-state index is 4.97. The molecule has 0 aromatic heterocycles. The van der Waals surface area contributed by atoms with Gasteiger partial charge >= 0.3 is 0 Å². The molecule has 0 saturated heterocycles. The Hall–Kier alpha value is -1.51. The molecular weight excluding hydrogens is 234 g/mol. The summed E-state index contributed by atoms with van der Waals surface area (Å²) in [7, 11) is 0. The predicted octanol–water partition coefficient (Wildman–Crippen LogP) is 4.03. The number of hydrogen-bond donors (Lipinski definition) is 2. The molecule has 1 atom stereocenters. The summed E-state index contributed by atoms with van der Waals surface area (Å²) in [4.78, 5) is 4.97. The lowest BCUT2D eigenvalue weighted by atomic mass is 9.96. The van der Waals surface area contributed by atoms with Crippen molar-refractivity contribution in [1.29, 1.82) is 0 Å². The van der Waals surface area contributed by atoms with E-state index in [9.17, 15) is 0 Å². The van der Waals surface area contributed by atoms with Crippen LogP contribution in [-0.2, 0) is 0 Å². The molecule has 1 aromatic rings. The number of aliphatic imine (C=N–C) groups is 1. The summed E-state index contributed by atoms with van der Waals surface area (Å²) in [6.07, 6.45) is 7.56. The molecule has 102 valence electrons. The molecule has 2 aliphatic rings. The van der Waals surface area contributed by atoms with E-state index in [4.69, 9.17) is 4.99 Å². The highest BCUT2D eigenvalue weighted by molar-refractivity contribution is 6.00. The fourth-order valence-electron chi connectivity index (χ4n) is 3.05. The Morgan fingerprint density at radius 2 is 1.79 bits per heavy atom. The van der Waals surface area contributed by atoms with E-state index in [0.29, 0.717) is 12.1 Å². The molecule has 2 N–H and O–H groups in total. The number of hydrogen-bond acceptors (Lipinski definition) is 2. The lowest BCUT2D eigenvalue weighted by Crippen LogP contribution is -2.22. The Labute approximate surface area is 115 Å². The number of rotatable bonds is 1. The third kappa shape index (κ3) is 3.09. The smallest absolute Gasteiger partial charge is 0.103 e. The molecule has 3 nitrogen and oxygen atoms in total. The Morgan fingerprint density at radius 1 is 1.05 bits per heavy atom. The van der Waals surface area contributed by atoms with Crippen LogP contribution in [0.3, 0.4) is 0 Å². The van der Waals surface area contributed by atoms with E-state index >= 15 is 0 Å². The molecule has 1 saturated carbocycles. The van der Waals surface area contributed by atoms with E-state index < -0.39 is 0 Å². The molecule has 0 bridgehead atoms. The predicted molar refractivity (Wildman–Crippen MR) is 82.1 cm³/mol. The van der Waals surface area contributed by atoms with Crippen molar-refractivity contribution < 1.29 is 0 Å². The van der Waals surface area contributed by atoms with Crippen LogP contribution in [0, 0.1) is 0 Å². The molecule has 1 heterocycles. The first-order valence-corrected chi connectivity index (χ1v) is 7.50. The van der Waals surface area contributed by atoms with Gasteiger partial charge in [-0.25, -0.2) is 0 Å². The zero-order valence-corrected chi connectivity index (χ0v) is 11.7. The minimum absolute atomic E-state index is 0.429. The first-order chi connectivity index (χ1) is 9.31. The minimum Gasteiger partial charge on any atom is -0.380 e. The number of nitrogens with one attached hydrogen (secondary N) is 2. The van der Waals surface area contributed by atoms with Crippen LogP contribution in [0.5, 0.6) is 0 Å². The van der Waals surface area contributed by atoms with Gasteiger partial charge in [0.1, 0.15) is 5.84 Å². The summed E-state index contributed by atoms with van der Waals surface area (Å²) in [6.45, 7) is 2.22. The van der Waals surface area contributed by atoms with Crippen molar-refractivity contribution in [3.05, 3.63) is 24.3 Å². The Kier molecular flexibility index (Phi) is 3.72. The standard InChI is InChI=1S/C16H23N3/c1-12-11-16(18-13-7-3-2-4-8-13)19-15-10-6-5-9-14(15)17-12/h5-6,9-10,12-13,17H,2-4,7-8,11H2,1H3,(H,18,19). The van der Waals surface area contributed by atoms with E-state index in [1.807, 2.05) is 0 Å². The molecule has 1 unspecified atom stereocenters. The molecule has 19 heavy (non-hydrogen) atoms. The van der Waals surface area contributed by atoms with Crippen molar-refractivity contribution in [2.24, 2.45) is 4.99 Å². The van der Waals surface area contributed by atoms with Gasteiger partial charge < -0.3 is 10.6 Å². The van der Waals surface area contributed by atoms with Gasteiger partial charge in [0.25, 0.3) is 0 Å². The van der Waals surface area contributed by atoms with Crippen LogP contribution in [0.4, 0.5) is 11.4 Å². The number of para-hydroxylation sites is 2. The average Bonchev–Trinajstić information content (AvgIpc) is 2.57. The van der Waals surface area contributed by atoms with Crippen molar-refractivity contribution >= 4 is 17.2 Å². The fourth-order valence-corrected chi connectivity index (χ4v) is 3.05. The summed E-state index contributed by atoms with van der Waals surface area (Å²) in [5.74, 6) is 1.15. The van der Waals surface area contributed by atoms with Crippen LogP contribution in [0.2, 0.25) is 0 Å². The summed E-state index contributed by atoms with van der Waals surface area (Å²) >= 11 is 0. The normalized spacial score (nSPS) is 26.2. The third-order valence-corrected chi connectivity index (χ3v) is 4.02. The molecule has 1 fully saturated rings. The molecule has 3 rings (SSSR count). The number of anilines is 2. The second-order valence-corrected chi connectivity index (χ2v) is 5.79. The quantitative estimate of drug-likeness (QED) is 0.796. The molecule has 0 spiro atoms. The highest BCUT2D eigenvalue weighted by atomic mass is 15.1. The third-order valence-electron chi connectivity index (χ3n) is 4.02. The second-order valence-electron chi connectivity index (χ2n) is 5.79. The van der Waals surface area contributed by atoms with E-state index in [0.717, 1.165) is 17.9 Å². The van der Waals surface area contributed by atoms with Crippen LogP contribution in [-0.4, -0.2) is 17.9 Å². The highest BCUT2D eigenvalue weighted by Gasteiger charge is 2.18. The lowest BCUT2D eigenvalue weighted by molar-refractivity contribution is 0.442. The summed E-state index contributed by atoms with van der Waals surface area (Å²) < 4.78 is 0. The van der Waals surface area contributed by atoms with E-state index in [1.54, 1.807) is 0 Å². The van der Waals surface area contributed by atoms with E-state index in [-0.39, 0.29) is 0 Å². The molecule has 3 heteroatoms. The van der Waals surface area contributed by atoms with Crippen molar-refractivity contribution in [3.63, 3.8) is 0 Å². The molecule has 1 aliphatic heterocycles. The molecule has 0 radical (unpaired) electrons. The average molecular weight is 257 g/mol. The van der Waals surface area contributed by atoms with Gasteiger partial charge in [0.15, 0.2) is 0 Å². The van der Waals surface area contributed by atoms with E-state index in [2.05, 4.69) is 41.8 Å². The zero-order valence-electron chi connectivity index (χ0n) is 11.7. The summed E-state index contributed by atoms with van der Waals surface area (Å²) in [6, 6.07) is 9.36. The van der Waals surface area contributed by atoms with Crippen molar-refractivity contribution in [2.75, 3.05) is 10.6 Å². The number of fused-ring (bicyclic) bond motifs is 1. The maximum atomic E-state index is 4.97. The van der Waals surface area contributed by atoms with Crippen molar-refractivity contribution in [3.8, 4) is 0 Å². The molecule has 1 aliphatic carbocycles. The van der Waals surface area contributed by atoms with Gasteiger partial charge in [-0.05, 0) is 31.9 Å². The number of amidine groups is 1. The maximum Gasteiger partial charge on any atom is 0.103 e. The Morgan fingerprint density at radius 3 is 2.58 bits per heavy atom. The second kappa shape index (κ2) is 5.64. The molecular formula is C16H23N3. The first kappa shape index (κ1) is 12.5. The number of nitrogens with zero attached hydrogens (tertiary/aromatic N) is 1. The summed E-state index contributed by atoms with van der Waals surface area (Å²) in [5.41, 5.74) is 2.34. The minimum atomic E-state index is 0.429. The van der Waals surface area contributed by atoms with Gasteiger partial charge in [0, 0.05) is 12.5 Å². The van der Waals surface area contributed by atoms with E-state index in [1.165, 1.54) is 37.8 Å². The molecule has 0 amide bonds. The van der Waals surface area contributed by atoms with Crippen LogP contribution in [0.15, 0.2) is 29.3 Å². The largest absolute Gasteiger partial charge is 0.380 e. The van der Waals surface area contributed by atoms with Crippen LogP contribution in [0.1, 0.15) is 45.4 Å². The SMILES string of the molecule is CC1CC(=NC2CCCCC2)Nc2ccccc2N1. The Balaban J connectivity index is 1.80. The van der Waals surface area contributed by atoms with Crippen molar-refractivity contribution in [1.82, 2.24) is 0 Å². The fraction of sp³-hybridized carbons (Fsp3) is 0.562. The summed E-state index contributed by atoms with van der Waals surface area (Å²) in [5, 5.41) is 7.07. The van der Waals surface area contributed by atoms with Gasteiger partial charge in [0.05, 0.1) is 17.4 Å². The van der Waals surface area contributed by atoms with Gasteiger partial charge in [-0.2, -0.15) is 0 Å². The van der Waals surface area contributed by atoms with Crippen molar-refractivity contribution in [2.45, 2.75) is 57.5 Å². The van der Waals surface area contributed by atoms with Gasteiger partial charge in [-0.3, -0.25) is 4.99 Å². The topological polar surface area (TPSA) is 36.4 Å². The highest BCUT2D eigenvalue weighted by Crippen LogP contribution is 2.27.